The normalized spacial score (nSPS) is 20.2. The molecule has 0 aromatic heterocycles. The van der Waals surface area contributed by atoms with Crippen LogP contribution >= 0.6 is 0 Å². The molecular formula is C15H25N3O2S. The number of likely N-dealkylation sites (N-methyl/N-ethyl adjacent to an activating group) is 1. The highest BCUT2D eigenvalue weighted by atomic mass is 32.2. The van der Waals surface area contributed by atoms with Gasteiger partial charge in [0, 0.05) is 38.9 Å². The smallest absolute Gasteiger partial charge is 0.243 e. The van der Waals surface area contributed by atoms with E-state index in [1.54, 1.807) is 10.4 Å². The molecule has 2 rings (SSSR count). The molecule has 0 N–H and O–H groups in total. The maximum atomic E-state index is 12.8. The molecule has 1 heterocycles. The fourth-order valence-corrected chi connectivity index (χ4v) is 4.39. The lowest BCUT2D eigenvalue weighted by Crippen LogP contribution is -2.34. The number of hydrogen-bond donors (Lipinski definition) is 0. The molecule has 6 heteroatoms. The van der Waals surface area contributed by atoms with Gasteiger partial charge in [0.2, 0.25) is 10.0 Å². The third-order valence-electron chi connectivity index (χ3n) is 4.15. The second-order valence-corrected chi connectivity index (χ2v) is 8.02. The van der Waals surface area contributed by atoms with Crippen molar-refractivity contribution < 1.29 is 8.42 Å². The summed E-state index contributed by atoms with van der Waals surface area (Å²) >= 11 is 0. The van der Waals surface area contributed by atoms with Crippen LogP contribution in [0.5, 0.6) is 0 Å². The van der Waals surface area contributed by atoms with Gasteiger partial charge in [-0.1, -0.05) is 0 Å². The van der Waals surface area contributed by atoms with Crippen LogP contribution in [-0.2, 0) is 10.0 Å². The Morgan fingerprint density at radius 3 is 2.33 bits per heavy atom. The summed E-state index contributed by atoms with van der Waals surface area (Å²) in [6, 6.07) is 5.82. The molecule has 1 aromatic carbocycles. The van der Waals surface area contributed by atoms with E-state index in [1.807, 2.05) is 52.1 Å². The Hall–Kier alpha value is -1.11. The van der Waals surface area contributed by atoms with Gasteiger partial charge in [0.15, 0.2) is 0 Å². The molecule has 0 bridgehead atoms. The minimum absolute atomic E-state index is 0.307. The van der Waals surface area contributed by atoms with Crippen molar-refractivity contribution in [3.63, 3.8) is 0 Å². The topological polar surface area (TPSA) is 43.9 Å². The Balaban J connectivity index is 2.29. The average Bonchev–Trinajstić information content (AvgIpc) is 2.88. The number of rotatable bonds is 4. The first-order valence-electron chi connectivity index (χ1n) is 7.18. The lowest BCUT2D eigenvalue weighted by Gasteiger charge is -2.21. The molecule has 1 aliphatic rings. The zero-order chi connectivity index (χ0) is 15.8. The monoisotopic (exact) mass is 311 g/mol. The SMILES string of the molecule is Cc1cc(N(C)C)ccc1S(=O)(=O)N1CC[C@@H](N(C)C)C1. The lowest BCUT2D eigenvalue weighted by atomic mass is 10.2. The highest BCUT2D eigenvalue weighted by Crippen LogP contribution is 2.27. The van der Waals surface area contributed by atoms with Crippen molar-refractivity contribution in [2.24, 2.45) is 0 Å². The van der Waals surface area contributed by atoms with Gasteiger partial charge in [0.1, 0.15) is 0 Å². The molecule has 1 saturated heterocycles. The number of benzene rings is 1. The molecule has 1 fully saturated rings. The second-order valence-electron chi connectivity index (χ2n) is 6.11. The maximum absolute atomic E-state index is 12.8. The fourth-order valence-electron chi connectivity index (χ4n) is 2.69. The van der Waals surface area contributed by atoms with Crippen LogP contribution in [0.3, 0.4) is 0 Å². The minimum Gasteiger partial charge on any atom is -0.378 e. The van der Waals surface area contributed by atoms with E-state index >= 15 is 0 Å². The molecular weight excluding hydrogens is 286 g/mol. The predicted molar refractivity (Wildman–Crippen MR) is 86.4 cm³/mol. The van der Waals surface area contributed by atoms with Crippen molar-refractivity contribution in [3.8, 4) is 0 Å². The van der Waals surface area contributed by atoms with E-state index in [4.69, 9.17) is 0 Å². The molecule has 5 nitrogen and oxygen atoms in total. The van der Waals surface area contributed by atoms with Crippen LogP contribution in [0.25, 0.3) is 0 Å². The molecule has 0 saturated carbocycles. The highest BCUT2D eigenvalue weighted by molar-refractivity contribution is 7.89. The molecule has 1 aromatic rings. The van der Waals surface area contributed by atoms with Crippen LogP contribution < -0.4 is 4.90 Å². The standard InChI is InChI=1S/C15H25N3O2S/c1-12-10-13(16(2)3)6-7-15(12)21(19,20)18-9-8-14(11-18)17(4)5/h6-7,10,14H,8-9,11H2,1-5H3/t14-/m1/s1. The van der Waals surface area contributed by atoms with Crippen molar-refractivity contribution in [1.82, 2.24) is 9.21 Å². The van der Waals surface area contributed by atoms with E-state index in [2.05, 4.69) is 4.90 Å². The summed E-state index contributed by atoms with van der Waals surface area (Å²) in [5, 5.41) is 0. The molecule has 0 amide bonds. The quantitative estimate of drug-likeness (QED) is 0.843. The van der Waals surface area contributed by atoms with Crippen molar-refractivity contribution in [1.29, 1.82) is 0 Å². The first-order chi connectivity index (χ1) is 9.73. The van der Waals surface area contributed by atoms with Crippen LogP contribution in [-0.4, -0.2) is 64.9 Å². The lowest BCUT2D eigenvalue weighted by molar-refractivity contribution is 0.302. The van der Waals surface area contributed by atoms with Crippen molar-refractivity contribution >= 4 is 15.7 Å². The largest absolute Gasteiger partial charge is 0.378 e. The summed E-state index contributed by atoms with van der Waals surface area (Å²) in [6.07, 6.45) is 0.890. The van der Waals surface area contributed by atoms with Crippen molar-refractivity contribution in [2.75, 3.05) is 46.2 Å². The van der Waals surface area contributed by atoms with E-state index in [0.29, 0.717) is 24.0 Å². The zero-order valence-electron chi connectivity index (χ0n) is 13.5. The molecule has 1 aliphatic heterocycles. The molecule has 0 radical (unpaired) electrons. The van der Waals surface area contributed by atoms with Crippen LogP contribution in [0, 0.1) is 6.92 Å². The van der Waals surface area contributed by atoms with Gasteiger partial charge in [0.25, 0.3) is 0 Å². The summed E-state index contributed by atoms with van der Waals surface area (Å²) in [5.74, 6) is 0. The molecule has 1 atom stereocenters. The van der Waals surface area contributed by atoms with Crippen LogP contribution in [0.15, 0.2) is 23.1 Å². The number of sulfonamides is 1. The molecule has 0 spiro atoms. The highest BCUT2D eigenvalue weighted by Gasteiger charge is 2.34. The van der Waals surface area contributed by atoms with E-state index in [1.165, 1.54) is 0 Å². The first kappa shape index (κ1) is 16.3. The summed E-state index contributed by atoms with van der Waals surface area (Å²) < 4.78 is 27.2. The Morgan fingerprint density at radius 2 is 1.86 bits per heavy atom. The predicted octanol–water partition coefficient (Wildman–Crippen LogP) is 1.39. The average molecular weight is 311 g/mol. The van der Waals surface area contributed by atoms with Gasteiger partial charge < -0.3 is 9.80 Å². The molecule has 0 unspecified atom stereocenters. The van der Waals surface area contributed by atoms with E-state index < -0.39 is 10.0 Å². The molecule has 0 aliphatic carbocycles. The second kappa shape index (κ2) is 5.94. The maximum Gasteiger partial charge on any atom is 0.243 e. The summed E-state index contributed by atoms with van der Waals surface area (Å²) in [5.41, 5.74) is 1.81. The van der Waals surface area contributed by atoms with Crippen LogP contribution in [0.2, 0.25) is 0 Å². The third kappa shape index (κ3) is 3.22. The number of anilines is 1. The van der Waals surface area contributed by atoms with Crippen molar-refractivity contribution in [2.45, 2.75) is 24.3 Å². The first-order valence-corrected chi connectivity index (χ1v) is 8.62. The van der Waals surface area contributed by atoms with Gasteiger partial charge in [-0.05, 0) is 51.2 Å². The van der Waals surface area contributed by atoms with Crippen LogP contribution in [0.1, 0.15) is 12.0 Å². The molecule has 21 heavy (non-hydrogen) atoms. The van der Waals surface area contributed by atoms with Crippen LogP contribution in [0.4, 0.5) is 5.69 Å². The number of nitrogens with zero attached hydrogens (tertiary/aromatic N) is 3. The summed E-state index contributed by atoms with van der Waals surface area (Å²) in [4.78, 5) is 4.49. The Kier molecular flexibility index (Phi) is 4.60. The minimum atomic E-state index is -3.39. The van der Waals surface area contributed by atoms with E-state index in [0.717, 1.165) is 17.7 Å². The summed E-state index contributed by atoms with van der Waals surface area (Å²) in [6.45, 7) is 3.03. The fraction of sp³-hybridized carbons (Fsp3) is 0.600. The van der Waals surface area contributed by atoms with Gasteiger partial charge in [-0.25, -0.2) is 8.42 Å². The zero-order valence-corrected chi connectivity index (χ0v) is 14.3. The molecule has 118 valence electrons. The van der Waals surface area contributed by atoms with Gasteiger partial charge >= 0.3 is 0 Å². The number of hydrogen-bond acceptors (Lipinski definition) is 4. The number of aryl methyl sites for hydroxylation is 1. The Labute approximate surface area is 128 Å². The van der Waals surface area contributed by atoms with Crippen molar-refractivity contribution in [3.05, 3.63) is 23.8 Å². The van der Waals surface area contributed by atoms with E-state index in [-0.39, 0.29) is 0 Å². The Morgan fingerprint density at radius 1 is 1.19 bits per heavy atom. The van der Waals surface area contributed by atoms with Gasteiger partial charge in [-0.15, -0.1) is 0 Å². The third-order valence-corrected chi connectivity index (χ3v) is 6.17. The van der Waals surface area contributed by atoms with E-state index in [9.17, 15) is 8.42 Å². The van der Waals surface area contributed by atoms with Gasteiger partial charge in [0.05, 0.1) is 4.90 Å². The van der Waals surface area contributed by atoms with Gasteiger partial charge in [-0.2, -0.15) is 4.31 Å². The Bertz CT molecular complexity index is 611. The van der Waals surface area contributed by atoms with Gasteiger partial charge in [-0.3, -0.25) is 0 Å². The summed E-state index contributed by atoms with van der Waals surface area (Å²) in [7, 11) is 4.50.